The minimum absolute atomic E-state index is 4.17. The van der Waals surface area contributed by atoms with Crippen molar-refractivity contribution in [2.45, 2.75) is 17.5 Å². The normalized spacial score (nSPS) is 13.4. The van der Waals surface area contributed by atoms with Gasteiger partial charge in [-0.3, -0.25) is 14.4 Å². The summed E-state index contributed by atoms with van der Waals surface area (Å²) in [4.78, 5) is 28.8. The number of carbonyl (C=O) groups excluding carboxylic acids is 3. The van der Waals surface area contributed by atoms with Gasteiger partial charge in [0, 0.05) is 0 Å². The smallest absolute Gasteiger partial charge is 0.257 e. The molecule has 0 aliphatic heterocycles. The van der Waals surface area contributed by atoms with E-state index in [1.165, 1.54) is 0 Å². The summed E-state index contributed by atoms with van der Waals surface area (Å²) in [5.74, 6) is -13.1. The Bertz CT molecular complexity index is 349. The van der Waals surface area contributed by atoms with Crippen molar-refractivity contribution in [2.24, 2.45) is 0 Å². The van der Waals surface area contributed by atoms with E-state index in [1.807, 2.05) is 0 Å². The molecule has 0 radical (unpaired) electrons. The van der Waals surface area contributed by atoms with Gasteiger partial charge < -0.3 is 0 Å². The van der Waals surface area contributed by atoms with E-state index in [0.717, 1.165) is 0 Å². The fourth-order valence-corrected chi connectivity index (χ4v) is 0.715. The lowest BCUT2D eigenvalue weighted by molar-refractivity contribution is -0.244. The van der Waals surface area contributed by atoms with Crippen LogP contribution in [0.25, 0.3) is 0 Å². The molecule has 17 heavy (non-hydrogen) atoms. The largest absolute Gasteiger partial charge is 0.386 e. The average molecular weight is 272 g/mol. The van der Waals surface area contributed by atoms with Crippen LogP contribution in [0.2, 0.25) is 0 Å². The Morgan fingerprint density at radius 2 is 0.824 bits per heavy atom. The summed E-state index contributed by atoms with van der Waals surface area (Å²) in [6.07, 6.45) is 0. The molecule has 98 valence electrons. The fourth-order valence-electron chi connectivity index (χ4n) is 0.715. The lowest BCUT2D eigenvalue weighted by Gasteiger charge is -2.29. The predicted molar refractivity (Wildman–Crippen MR) is 32.1 cm³/mol. The van der Waals surface area contributed by atoms with Gasteiger partial charge in [0.1, 0.15) is 0 Å². The van der Waals surface area contributed by atoms with E-state index in [-0.39, 0.29) is 0 Å². The molecular weight excluding hydrogens is 272 g/mol. The number of hydrogen-bond donors (Lipinski definition) is 0. The highest BCUT2D eigenvalue weighted by molar-refractivity contribution is 5.97. The van der Waals surface area contributed by atoms with E-state index in [0.29, 0.717) is 0 Å². The van der Waals surface area contributed by atoms with Crippen molar-refractivity contribution < 1.29 is 49.5 Å². The molecule has 0 aromatic carbocycles. The predicted octanol–water partition coefficient (Wildman–Crippen LogP) is 1.45. The van der Waals surface area contributed by atoms with Crippen molar-refractivity contribution in [3.05, 3.63) is 0 Å². The first-order valence-electron chi connectivity index (χ1n) is 3.37. The van der Waals surface area contributed by atoms with Crippen molar-refractivity contribution in [2.75, 3.05) is 0 Å². The minimum Gasteiger partial charge on any atom is -0.257 e. The van der Waals surface area contributed by atoms with Gasteiger partial charge in [-0.2, -0.15) is 30.7 Å². The summed E-state index contributed by atoms with van der Waals surface area (Å²) < 4.78 is 97.3. The average Bonchev–Trinajstić information content (AvgIpc) is 2.14. The van der Waals surface area contributed by atoms with Crippen LogP contribution in [-0.4, -0.2) is 35.6 Å². The van der Waals surface area contributed by atoms with Gasteiger partial charge in [-0.1, -0.05) is 0 Å². The highest BCUT2D eigenvalue weighted by Crippen LogP contribution is 2.46. The molecule has 0 bridgehead atoms. The second kappa shape index (κ2) is 4.04. The molecule has 0 unspecified atom stereocenters. The van der Waals surface area contributed by atoms with E-state index < -0.39 is 35.6 Å². The SMILES string of the molecule is O=C(F)C(F)(F)C(F)(C(=O)F)C(F)(F)C(=O)F. The van der Waals surface area contributed by atoms with Crippen LogP contribution in [0, 0.1) is 0 Å². The van der Waals surface area contributed by atoms with Gasteiger partial charge in [0.05, 0.1) is 0 Å². The standard InChI is InChI=1S/C6F8O3/c7-1(15)4(10,5(11,12)2(8)16)6(13,14)3(9)17. The fraction of sp³-hybridized carbons (Fsp3) is 0.500. The maximum Gasteiger partial charge on any atom is 0.386 e. The topological polar surface area (TPSA) is 51.2 Å². The summed E-state index contributed by atoms with van der Waals surface area (Å²) >= 11 is 0. The quantitative estimate of drug-likeness (QED) is 0.562. The Morgan fingerprint density at radius 1 is 0.588 bits per heavy atom. The second-order valence-corrected chi connectivity index (χ2v) is 2.63. The number of hydrogen-bond acceptors (Lipinski definition) is 3. The molecule has 0 heterocycles. The Hall–Kier alpha value is -1.55. The van der Waals surface area contributed by atoms with Crippen LogP contribution in [0.5, 0.6) is 0 Å². The van der Waals surface area contributed by atoms with Crippen LogP contribution in [0.3, 0.4) is 0 Å². The molecule has 0 aromatic heterocycles. The third-order valence-corrected chi connectivity index (χ3v) is 1.63. The van der Waals surface area contributed by atoms with Crippen LogP contribution >= 0.6 is 0 Å². The molecule has 11 heteroatoms. The summed E-state index contributed by atoms with van der Waals surface area (Å²) in [6, 6.07) is -12.6. The van der Waals surface area contributed by atoms with E-state index >= 15 is 0 Å². The zero-order chi connectivity index (χ0) is 14.2. The molecule has 0 aliphatic carbocycles. The molecule has 3 nitrogen and oxygen atoms in total. The van der Waals surface area contributed by atoms with Gasteiger partial charge in [-0.25, -0.2) is 4.39 Å². The first kappa shape index (κ1) is 15.4. The van der Waals surface area contributed by atoms with Gasteiger partial charge >= 0.3 is 35.6 Å². The Balaban J connectivity index is 6.07. The van der Waals surface area contributed by atoms with Crippen LogP contribution < -0.4 is 0 Å². The molecule has 0 saturated carbocycles. The number of halogens is 8. The summed E-state index contributed by atoms with van der Waals surface area (Å²) in [7, 11) is 0. The van der Waals surface area contributed by atoms with Gasteiger partial charge in [0.2, 0.25) is 0 Å². The van der Waals surface area contributed by atoms with Crippen LogP contribution in [0.4, 0.5) is 35.1 Å². The van der Waals surface area contributed by atoms with Gasteiger partial charge in [-0.15, -0.1) is 0 Å². The lowest BCUT2D eigenvalue weighted by atomic mass is 9.91. The van der Waals surface area contributed by atoms with Crippen LogP contribution in [0.15, 0.2) is 0 Å². The monoisotopic (exact) mass is 272 g/mol. The third kappa shape index (κ3) is 1.89. The Labute approximate surface area is 86.4 Å². The Kier molecular flexibility index (Phi) is 3.67. The maximum absolute atomic E-state index is 12.8. The number of alkyl halides is 5. The highest BCUT2D eigenvalue weighted by Gasteiger charge is 2.81. The number of rotatable bonds is 5. The molecule has 0 N–H and O–H groups in total. The summed E-state index contributed by atoms with van der Waals surface area (Å²) in [6.45, 7) is 0. The number of carbonyl (C=O) groups is 3. The molecule has 0 spiro atoms. The van der Waals surface area contributed by atoms with Crippen LogP contribution in [-0.2, 0) is 14.4 Å². The van der Waals surface area contributed by atoms with E-state index in [2.05, 4.69) is 0 Å². The van der Waals surface area contributed by atoms with Gasteiger partial charge in [0.25, 0.3) is 0 Å². The third-order valence-electron chi connectivity index (χ3n) is 1.63. The first-order valence-corrected chi connectivity index (χ1v) is 3.37. The van der Waals surface area contributed by atoms with Crippen molar-refractivity contribution in [1.82, 2.24) is 0 Å². The summed E-state index contributed by atoms with van der Waals surface area (Å²) in [5.41, 5.74) is -6.59. The zero-order valence-electron chi connectivity index (χ0n) is 7.25. The first-order chi connectivity index (χ1) is 7.33. The lowest BCUT2D eigenvalue weighted by Crippen LogP contribution is -2.65. The van der Waals surface area contributed by atoms with Crippen molar-refractivity contribution in [3.8, 4) is 0 Å². The highest BCUT2D eigenvalue weighted by atomic mass is 19.3. The molecule has 0 amide bonds. The maximum atomic E-state index is 12.8. The summed E-state index contributed by atoms with van der Waals surface area (Å²) in [5, 5.41) is 0. The van der Waals surface area contributed by atoms with Crippen molar-refractivity contribution >= 4 is 18.1 Å². The molecule has 0 atom stereocenters. The van der Waals surface area contributed by atoms with Crippen molar-refractivity contribution in [1.29, 1.82) is 0 Å². The molecule has 0 aromatic rings. The molecule has 0 rings (SSSR count). The zero-order valence-corrected chi connectivity index (χ0v) is 7.25. The van der Waals surface area contributed by atoms with E-state index in [1.54, 1.807) is 0 Å². The molecule has 0 fully saturated rings. The Morgan fingerprint density at radius 3 is 0.941 bits per heavy atom. The van der Waals surface area contributed by atoms with Crippen LogP contribution in [0.1, 0.15) is 0 Å². The van der Waals surface area contributed by atoms with Crippen molar-refractivity contribution in [3.63, 3.8) is 0 Å². The second-order valence-electron chi connectivity index (χ2n) is 2.63. The van der Waals surface area contributed by atoms with Gasteiger partial charge in [0.15, 0.2) is 0 Å². The van der Waals surface area contributed by atoms with Gasteiger partial charge in [-0.05, 0) is 0 Å². The molecule has 0 aliphatic rings. The van der Waals surface area contributed by atoms with E-state index in [4.69, 9.17) is 0 Å². The molecular formula is C6F8O3. The minimum atomic E-state index is -6.59. The van der Waals surface area contributed by atoms with E-state index in [9.17, 15) is 49.5 Å². The molecule has 0 saturated heterocycles.